The number of carbonyl (C=O) groups is 1. The van der Waals surface area contributed by atoms with Gasteiger partial charge in [-0.3, -0.25) is 14.5 Å². The summed E-state index contributed by atoms with van der Waals surface area (Å²) in [7, 11) is 0. The number of aryl methyl sites for hydroxylation is 4. The van der Waals surface area contributed by atoms with Crippen LogP contribution in [-0.4, -0.2) is 20.3 Å². The fourth-order valence-corrected chi connectivity index (χ4v) is 3.77. The third kappa shape index (κ3) is 3.24. The molecule has 0 aliphatic heterocycles. The van der Waals surface area contributed by atoms with E-state index in [-0.39, 0.29) is 5.91 Å². The van der Waals surface area contributed by atoms with Crippen molar-refractivity contribution in [2.24, 2.45) is 0 Å². The number of thiazole rings is 1. The summed E-state index contributed by atoms with van der Waals surface area (Å²) < 4.78 is 1.85. The molecule has 27 heavy (non-hydrogen) atoms. The van der Waals surface area contributed by atoms with Gasteiger partial charge in [-0.2, -0.15) is 0 Å². The van der Waals surface area contributed by atoms with Crippen LogP contribution in [0.25, 0.3) is 16.9 Å². The van der Waals surface area contributed by atoms with Crippen LogP contribution in [0.4, 0.5) is 5.13 Å². The van der Waals surface area contributed by atoms with E-state index in [4.69, 9.17) is 4.98 Å². The molecular weight excluding hydrogens is 356 g/mol. The molecule has 1 aromatic carbocycles. The molecule has 0 bridgehead atoms. The van der Waals surface area contributed by atoms with Crippen LogP contribution in [0.3, 0.4) is 0 Å². The van der Waals surface area contributed by atoms with Crippen molar-refractivity contribution in [1.82, 2.24) is 14.4 Å². The number of rotatable bonds is 3. The van der Waals surface area contributed by atoms with Crippen molar-refractivity contribution in [3.63, 3.8) is 0 Å². The molecule has 0 aliphatic rings. The maximum absolute atomic E-state index is 13.2. The van der Waals surface area contributed by atoms with E-state index in [0.717, 1.165) is 32.9 Å². The average Bonchev–Trinajstić information content (AvgIpc) is 3.15. The third-order valence-electron chi connectivity index (χ3n) is 4.56. The van der Waals surface area contributed by atoms with Gasteiger partial charge in [0.2, 0.25) is 0 Å². The quantitative estimate of drug-likeness (QED) is 0.551. The zero-order valence-corrected chi connectivity index (χ0v) is 16.5. The lowest BCUT2D eigenvalue weighted by atomic mass is 10.1. The fraction of sp³-hybridized carbons (Fsp3) is 0.190. The molecule has 3 aromatic heterocycles. The molecule has 0 fully saturated rings. The lowest BCUT2D eigenvalue weighted by Gasteiger charge is -2.06. The number of benzene rings is 1. The highest BCUT2D eigenvalue weighted by molar-refractivity contribution is 7.15. The molecule has 1 amide bonds. The van der Waals surface area contributed by atoms with Crippen molar-refractivity contribution in [2.45, 2.75) is 27.7 Å². The number of hydrogen-bond acceptors (Lipinski definition) is 4. The van der Waals surface area contributed by atoms with E-state index in [1.165, 1.54) is 11.3 Å². The summed E-state index contributed by atoms with van der Waals surface area (Å²) >= 11 is 1.48. The highest BCUT2D eigenvalue weighted by atomic mass is 32.1. The molecule has 5 nitrogen and oxygen atoms in total. The summed E-state index contributed by atoms with van der Waals surface area (Å²) in [5.74, 6) is -0.211. The number of fused-ring (bicyclic) bond motifs is 1. The van der Waals surface area contributed by atoms with E-state index >= 15 is 0 Å². The van der Waals surface area contributed by atoms with Crippen LogP contribution in [0.5, 0.6) is 0 Å². The molecule has 136 valence electrons. The highest BCUT2D eigenvalue weighted by Crippen LogP contribution is 2.27. The number of nitrogens with one attached hydrogen (secondary N) is 1. The van der Waals surface area contributed by atoms with E-state index in [0.29, 0.717) is 16.5 Å². The van der Waals surface area contributed by atoms with E-state index < -0.39 is 0 Å². The molecule has 6 heteroatoms. The zero-order chi connectivity index (χ0) is 19.1. The van der Waals surface area contributed by atoms with Crippen LogP contribution in [0, 0.1) is 27.7 Å². The Labute approximate surface area is 161 Å². The van der Waals surface area contributed by atoms with Crippen molar-refractivity contribution >= 4 is 28.0 Å². The third-order valence-corrected chi connectivity index (χ3v) is 5.54. The number of pyridine rings is 1. The molecule has 4 rings (SSSR count). The molecule has 0 atom stereocenters. The number of imidazole rings is 1. The lowest BCUT2D eigenvalue weighted by molar-refractivity contribution is 0.102. The summed E-state index contributed by atoms with van der Waals surface area (Å²) in [6.07, 6.45) is 1.94. The lowest BCUT2D eigenvalue weighted by Crippen LogP contribution is -2.15. The highest BCUT2D eigenvalue weighted by Gasteiger charge is 2.22. The summed E-state index contributed by atoms with van der Waals surface area (Å²) in [5.41, 5.74) is 6.00. The number of hydrogen-bond donors (Lipinski definition) is 1. The Kier molecular flexibility index (Phi) is 4.28. The van der Waals surface area contributed by atoms with Gasteiger partial charge >= 0.3 is 0 Å². The minimum absolute atomic E-state index is 0.211. The van der Waals surface area contributed by atoms with Gasteiger partial charge in [0.15, 0.2) is 5.13 Å². The largest absolute Gasteiger partial charge is 0.296 e. The Balaban J connectivity index is 1.85. The standard InChI is InChI=1S/C21H20N4OS/c1-12-5-8-16(9-6-12)18-19(25-11-13(2)7-10-17(25)23-18)20(26)24-21-22-14(3)15(4)27-21/h5-11H,1-4H3,(H,22,24,26). The maximum Gasteiger partial charge on any atom is 0.276 e. The molecule has 0 unspecified atom stereocenters. The maximum atomic E-state index is 13.2. The van der Waals surface area contributed by atoms with Gasteiger partial charge in [-0.25, -0.2) is 9.97 Å². The Bertz CT molecular complexity index is 1140. The van der Waals surface area contributed by atoms with Gasteiger partial charge in [-0.15, -0.1) is 11.3 Å². The number of anilines is 1. The molecule has 0 radical (unpaired) electrons. The predicted molar refractivity (Wildman–Crippen MR) is 110 cm³/mol. The first kappa shape index (κ1) is 17.4. The molecule has 3 heterocycles. The molecule has 0 aliphatic carbocycles. The second kappa shape index (κ2) is 6.63. The molecule has 4 aromatic rings. The van der Waals surface area contributed by atoms with E-state index in [1.807, 2.05) is 74.7 Å². The zero-order valence-electron chi connectivity index (χ0n) is 15.7. The van der Waals surface area contributed by atoms with Crippen LogP contribution in [-0.2, 0) is 0 Å². The summed E-state index contributed by atoms with van der Waals surface area (Å²) in [6.45, 7) is 7.98. The Morgan fingerprint density at radius 1 is 0.963 bits per heavy atom. The van der Waals surface area contributed by atoms with Crippen molar-refractivity contribution in [1.29, 1.82) is 0 Å². The van der Waals surface area contributed by atoms with E-state index in [2.05, 4.69) is 10.3 Å². The van der Waals surface area contributed by atoms with E-state index in [1.54, 1.807) is 0 Å². The van der Waals surface area contributed by atoms with Gasteiger partial charge in [-0.05, 0) is 39.3 Å². The average molecular weight is 376 g/mol. The molecule has 0 saturated heterocycles. The molecule has 0 spiro atoms. The first-order valence-electron chi connectivity index (χ1n) is 8.73. The van der Waals surface area contributed by atoms with Gasteiger partial charge in [0.25, 0.3) is 5.91 Å². The van der Waals surface area contributed by atoms with E-state index in [9.17, 15) is 4.79 Å². The second-order valence-corrected chi connectivity index (χ2v) is 7.93. The SMILES string of the molecule is Cc1ccc(-c2nc3ccc(C)cn3c2C(=O)Nc2nc(C)c(C)s2)cc1. The first-order valence-corrected chi connectivity index (χ1v) is 9.55. The van der Waals surface area contributed by atoms with Crippen LogP contribution >= 0.6 is 11.3 Å². The van der Waals surface area contributed by atoms with Gasteiger partial charge in [0.1, 0.15) is 17.0 Å². The number of carbonyl (C=O) groups excluding carboxylic acids is 1. The summed E-state index contributed by atoms with van der Waals surface area (Å²) in [5, 5.41) is 3.55. The summed E-state index contributed by atoms with van der Waals surface area (Å²) in [4.78, 5) is 23.4. The van der Waals surface area contributed by atoms with Crippen molar-refractivity contribution in [3.8, 4) is 11.3 Å². The normalized spacial score (nSPS) is 11.1. The van der Waals surface area contributed by atoms with Crippen LogP contribution in [0.15, 0.2) is 42.6 Å². The monoisotopic (exact) mass is 376 g/mol. The van der Waals surface area contributed by atoms with Crippen molar-refractivity contribution in [3.05, 3.63) is 70.0 Å². The van der Waals surface area contributed by atoms with Crippen molar-refractivity contribution < 1.29 is 4.79 Å². The first-order chi connectivity index (χ1) is 12.9. The van der Waals surface area contributed by atoms with Crippen LogP contribution < -0.4 is 5.32 Å². The Morgan fingerprint density at radius 3 is 2.33 bits per heavy atom. The smallest absolute Gasteiger partial charge is 0.276 e. The minimum Gasteiger partial charge on any atom is -0.296 e. The van der Waals surface area contributed by atoms with Crippen molar-refractivity contribution in [2.75, 3.05) is 5.32 Å². The van der Waals surface area contributed by atoms with Gasteiger partial charge in [0.05, 0.1) is 5.69 Å². The Morgan fingerprint density at radius 2 is 1.67 bits per heavy atom. The fourth-order valence-electron chi connectivity index (χ4n) is 2.96. The molecular formula is C21H20N4OS. The summed E-state index contributed by atoms with van der Waals surface area (Å²) in [6, 6.07) is 12.0. The predicted octanol–water partition coefficient (Wildman–Crippen LogP) is 4.94. The van der Waals surface area contributed by atoms with Gasteiger partial charge in [0, 0.05) is 16.6 Å². The van der Waals surface area contributed by atoms with Crippen LogP contribution in [0.1, 0.15) is 32.2 Å². The minimum atomic E-state index is -0.211. The van der Waals surface area contributed by atoms with Crippen LogP contribution in [0.2, 0.25) is 0 Å². The Hall–Kier alpha value is -2.99. The topological polar surface area (TPSA) is 59.3 Å². The molecule has 1 N–H and O–H groups in total. The van der Waals surface area contributed by atoms with Gasteiger partial charge < -0.3 is 0 Å². The van der Waals surface area contributed by atoms with Gasteiger partial charge in [-0.1, -0.05) is 35.9 Å². The number of nitrogens with zero attached hydrogens (tertiary/aromatic N) is 3. The molecule has 0 saturated carbocycles. The number of aromatic nitrogens is 3. The second-order valence-electron chi connectivity index (χ2n) is 6.72. The number of amides is 1.